The van der Waals surface area contributed by atoms with Crippen molar-refractivity contribution < 1.29 is 33.2 Å². The lowest BCUT2D eigenvalue weighted by Gasteiger charge is -2.57. The molecule has 1 N–H and O–H groups in total. The number of rotatable bonds is 10. The van der Waals surface area contributed by atoms with Crippen LogP contribution in [0.2, 0.25) is 0 Å². The lowest BCUT2D eigenvalue weighted by Crippen LogP contribution is -2.67. The average molecular weight is 617 g/mol. The highest BCUT2D eigenvalue weighted by atomic mass is 16.5. The molecule has 2 bridgehead atoms. The minimum atomic E-state index is -0.223. The molecule has 6 atom stereocenters. The molecule has 6 rings (SSSR count). The Morgan fingerprint density at radius 1 is 0.844 bits per heavy atom. The third-order valence-electron chi connectivity index (χ3n) is 9.97. The second kappa shape index (κ2) is 12.8. The third kappa shape index (κ3) is 5.68. The maximum atomic E-state index is 13.3. The Morgan fingerprint density at radius 3 is 2.11 bits per heavy atom. The van der Waals surface area contributed by atoms with Gasteiger partial charge in [0.15, 0.2) is 23.0 Å². The van der Waals surface area contributed by atoms with E-state index in [0.29, 0.717) is 11.5 Å². The molecule has 9 heteroatoms. The second-order valence-electron chi connectivity index (χ2n) is 12.3. The van der Waals surface area contributed by atoms with Crippen LogP contribution in [-0.2, 0) is 22.4 Å². The Labute approximate surface area is 265 Å². The third-order valence-corrected chi connectivity index (χ3v) is 9.97. The highest BCUT2D eigenvalue weighted by Gasteiger charge is 2.50. The number of esters is 1. The second-order valence-corrected chi connectivity index (χ2v) is 12.3. The molecule has 240 valence electrons. The van der Waals surface area contributed by atoms with Gasteiger partial charge in [0.25, 0.3) is 0 Å². The van der Waals surface area contributed by atoms with Gasteiger partial charge in [-0.2, -0.15) is 0 Å². The van der Waals surface area contributed by atoms with Crippen molar-refractivity contribution in [1.82, 2.24) is 10.2 Å². The van der Waals surface area contributed by atoms with E-state index in [-0.39, 0.29) is 55.1 Å². The molecule has 1 saturated heterocycles. The van der Waals surface area contributed by atoms with Gasteiger partial charge in [-0.3, -0.25) is 9.69 Å². The molecule has 3 heterocycles. The van der Waals surface area contributed by atoms with Crippen LogP contribution in [0.1, 0.15) is 66.1 Å². The minimum Gasteiger partial charge on any atom is -0.497 e. The Kier molecular flexibility index (Phi) is 8.84. The average Bonchev–Trinajstić information content (AvgIpc) is 3.07. The molecule has 1 fully saturated rings. The van der Waals surface area contributed by atoms with Gasteiger partial charge in [-0.1, -0.05) is 19.1 Å². The van der Waals surface area contributed by atoms with E-state index in [4.69, 9.17) is 28.4 Å². The van der Waals surface area contributed by atoms with Crippen molar-refractivity contribution in [2.75, 3.05) is 42.2 Å². The van der Waals surface area contributed by atoms with E-state index in [1.165, 1.54) is 16.7 Å². The SMILES string of the molecule is COc1cccc(C(C)CC(=O)OCC2c3cc(OC)c(OC)cc3CC3C4NC(Cc5cc(OC)c(OC)cc54)C(C)N23)c1. The topological polar surface area (TPSA) is 87.7 Å². The number of benzene rings is 3. The number of methoxy groups -OCH3 is 5. The van der Waals surface area contributed by atoms with Crippen LogP contribution in [0.15, 0.2) is 48.5 Å². The lowest BCUT2D eigenvalue weighted by atomic mass is 9.74. The largest absolute Gasteiger partial charge is 0.497 e. The van der Waals surface area contributed by atoms with Crippen LogP contribution < -0.4 is 29.0 Å². The summed E-state index contributed by atoms with van der Waals surface area (Å²) in [5.41, 5.74) is 5.82. The monoisotopic (exact) mass is 616 g/mol. The van der Waals surface area contributed by atoms with Crippen LogP contribution in [0.25, 0.3) is 0 Å². The summed E-state index contributed by atoms with van der Waals surface area (Å²) in [6.07, 6.45) is 1.94. The zero-order chi connectivity index (χ0) is 31.8. The number of carbonyl (C=O) groups is 1. The standard InChI is InChI=1S/C36H44N2O7/c1-20(22-9-8-10-25(12-22)40-3)11-35(39)45-19-30-26-17-33(43-6)32(42-5)16-24(26)14-29-36-27-18-34(44-7)31(41-4)15-23(27)13-28(37-36)21(2)38(29)30/h8-10,12,15-18,20-21,28-30,36-37H,11,13-14,19H2,1-7H3. The van der Waals surface area contributed by atoms with Crippen LogP contribution in [0, 0.1) is 0 Å². The lowest BCUT2D eigenvalue weighted by molar-refractivity contribution is -0.148. The molecule has 0 saturated carbocycles. The first-order valence-corrected chi connectivity index (χ1v) is 15.6. The van der Waals surface area contributed by atoms with Crippen molar-refractivity contribution in [1.29, 1.82) is 0 Å². The van der Waals surface area contributed by atoms with Crippen LogP contribution >= 0.6 is 0 Å². The number of piperazine rings is 1. The fourth-order valence-electron chi connectivity index (χ4n) is 7.60. The van der Waals surface area contributed by atoms with Gasteiger partial charge in [0.1, 0.15) is 12.4 Å². The highest BCUT2D eigenvalue weighted by Crippen LogP contribution is 2.49. The van der Waals surface area contributed by atoms with Gasteiger partial charge in [0, 0.05) is 24.2 Å². The van der Waals surface area contributed by atoms with E-state index in [9.17, 15) is 4.79 Å². The van der Waals surface area contributed by atoms with Gasteiger partial charge in [0.2, 0.25) is 0 Å². The number of nitrogens with zero attached hydrogens (tertiary/aromatic N) is 1. The zero-order valence-corrected chi connectivity index (χ0v) is 27.2. The summed E-state index contributed by atoms with van der Waals surface area (Å²) < 4.78 is 34.3. The molecule has 0 aliphatic carbocycles. The predicted molar refractivity (Wildman–Crippen MR) is 171 cm³/mol. The summed E-state index contributed by atoms with van der Waals surface area (Å²) in [4.78, 5) is 15.9. The summed E-state index contributed by atoms with van der Waals surface area (Å²) in [5.74, 6) is 3.38. The van der Waals surface area contributed by atoms with Gasteiger partial charge in [0.05, 0.1) is 48.0 Å². The number of ether oxygens (including phenoxy) is 6. The van der Waals surface area contributed by atoms with Crippen LogP contribution in [0.3, 0.4) is 0 Å². The van der Waals surface area contributed by atoms with Gasteiger partial charge >= 0.3 is 5.97 Å². The van der Waals surface area contributed by atoms with E-state index in [2.05, 4.69) is 41.4 Å². The van der Waals surface area contributed by atoms with Gasteiger partial charge < -0.3 is 33.7 Å². The van der Waals surface area contributed by atoms with Crippen molar-refractivity contribution in [3.63, 3.8) is 0 Å². The summed E-state index contributed by atoms with van der Waals surface area (Å²) in [5, 5.41) is 3.96. The molecule has 0 amide bonds. The molecule has 9 nitrogen and oxygen atoms in total. The first-order chi connectivity index (χ1) is 21.8. The molecular formula is C36H44N2O7. The van der Waals surface area contributed by atoms with Gasteiger partial charge in [-0.05, 0) is 89.9 Å². The molecule has 3 aliphatic heterocycles. The van der Waals surface area contributed by atoms with Crippen molar-refractivity contribution >= 4 is 5.97 Å². The smallest absolute Gasteiger partial charge is 0.306 e. The molecule has 3 aromatic rings. The van der Waals surface area contributed by atoms with Crippen molar-refractivity contribution in [3.8, 4) is 28.7 Å². The van der Waals surface area contributed by atoms with E-state index in [1.807, 2.05) is 31.2 Å². The molecule has 0 spiro atoms. The van der Waals surface area contributed by atoms with Crippen molar-refractivity contribution in [2.45, 2.75) is 69.2 Å². The minimum absolute atomic E-state index is 0.00992. The summed E-state index contributed by atoms with van der Waals surface area (Å²) >= 11 is 0. The Morgan fingerprint density at radius 2 is 1.47 bits per heavy atom. The maximum Gasteiger partial charge on any atom is 0.306 e. The molecule has 3 aliphatic rings. The fraction of sp³-hybridized carbons (Fsp3) is 0.472. The number of fused-ring (bicyclic) bond motifs is 7. The Hall–Kier alpha value is -3.95. The Bertz CT molecular complexity index is 1560. The van der Waals surface area contributed by atoms with Crippen LogP contribution in [0.5, 0.6) is 28.7 Å². The van der Waals surface area contributed by atoms with Crippen molar-refractivity contribution in [3.05, 3.63) is 76.3 Å². The molecular weight excluding hydrogens is 572 g/mol. The number of carbonyl (C=O) groups excluding carboxylic acids is 1. The normalized spacial score (nSPS) is 23.9. The number of nitrogens with one attached hydrogen (secondary N) is 1. The Balaban J connectivity index is 1.33. The predicted octanol–water partition coefficient (Wildman–Crippen LogP) is 5.39. The van der Waals surface area contributed by atoms with Gasteiger partial charge in [-0.25, -0.2) is 0 Å². The van der Waals surface area contributed by atoms with Crippen molar-refractivity contribution in [2.24, 2.45) is 0 Å². The molecule has 0 radical (unpaired) electrons. The van der Waals surface area contributed by atoms with Gasteiger partial charge in [-0.15, -0.1) is 0 Å². The first kappa shape index (κ1) is 31.0. The first-order valence-electron chi connectivity index (χ1n) is 15.6. The highest BCUT2D eigenvalue weighted by molar-refractivity contribution is 5.70. The van der Waals surface area contributed by atoms with Crippen LogP contribution in [-0.4, -0.2) is 71.2 Å². The van der Waals surface area contributed by atoms with Crippen LogP contribution in [0.4, 0.5) is 0 Å². The maximum absolute atomic E-state index is 13.3. The molecule has 6 unspecified atom stereocenters. The van der Waals surface area contributed by atoms with E-state index < -0.39 is 0 Å². The molecule has 45 heavy (non-hydrogen) atoms. The fourth-order valence-corrected chi connectivity index (χ4v) is 7.60. The number of hydrogen-bond donors (Lipinski definition) is 1. The van der Waals surface area contributed by atoms with E-state index >= 15 is 0 Å². The molecule has 0 aromatic heterocycles. The quantitative estimate of drug-likeness (QED) is 0.301. The number of hydrogen-bond acceptors (Lipinski definition) is 9. The van der Waals surface area contributed by atoms with E-state index in [0.717, 1.165) is 41.2 Å². The zero-order valence-electron chi connectivity index (χ0n) is 27.2. The summed E-state index contributed by atoms with van der Waals surface area (Å²) in [6.45, 7) is 4.56. The molecule has 3 aromatic carbocycles. The van der Waals surface area contributed by atoms with E-state index in [1.54, 1.807) is 35.5 Å². The summed E-state index contributed by atoms with van der Waals surface area (Å²) in [7, 11) is 8.32. The summed E-state index contributed by atoms with van der Waals surface area (Å²) in [6, 6.07) is 16.6.